The number of nitrogens with zero attached hydrogens (tertiary/aromatic N) is 4. The molecule has 0 aliphatic heterocycles. The van der Waals surface area contributed by atoms with Crippen LogP contribution in [-0.4, -0.2) is 34.2 Å². The highest BCUT2D eigenvalue weighted by atomic mass is 32.2. The van der Waals surface area contributed by atoms with Gasteiger partial charge < -0.3 is 13.9 Å². The first kappa shape index (κ1) is 20.6. The maximum absolute atomic E-state index is 9.00. The van der Waals surface area contributed by atoms with E-state index >= 15 is 0 Å². The zero-order valence-electron chi connectivity index (χ0n) is 16.9. The minimum atomic E-state index is 0.474. The standard InChI is InChI=1S/C23H20N4O3S/c1-28-19-7-3-6-18(14-19)22-25-26-23(27(22)16-21-9-4-10-29-21)31-12-11-30-20-8-2-5-17(13-20)15-24/h2-10,13-14H,11-12,16H2,1H3. The van der Waals surface area contributed by atoms with Crippen LogP contribution in [0.25, 0.3) is 11.4 Å². The smallest absolute Gasteiger partial charge is 0.192 e. The predicted octanol–water partition coefficient (Wildman–Crippen LogP) is 4.64. The summed E-state index contributed by atoms with van der Waals surface area (Å²) in [5, 5.41) is 18.6. The van der Waals surface area contributed by atoms with Crippen LogP contribution in [-0.2, 0) is 6.54 Å². The van der Waals surface area contributed by atoms with Gasteiger partial charge in [-0.05, 0) is 42.5 Å². The summed E-state index contributed by atoms with van der Waals surface area (Å²) in [6.45, 7) is 0.988. The molecule has 0 amide bonds. The van der Waals surface area contributed by atoms with Crippen molar-refractivity contribution in [2.45, 2.75) is 11.7 Å². The van der Waals surface area contributed by atoms with E-state index in [1.54, 1.807) is 43.3 Å². The van der Waals surface area contributed by atoms with Crippen LogP contribution in [0.2, 0.25) is 0 Å². The van der Waals surface area contributed by atoms with Gasteiger partial charge in [0, 0.05) is 11.3 Å². The molecule has 2 aromatic heterocycles. The molecule has 8 heteroatoms. The van der Waals surface area contributed by atoms with E-state index in [9.17, 15) is 0 Å². The van der Waals surface area contributed by atoms with Crippen molar-refractivity contribution in [3.05, 3.63) is 78.3 Å². The highest BCUT2D eigenvalue weighted by Crippen LogP contribution is 2.27. The van der Waals surface area contributed by atoms with E-state index in [0.717, 1.165) is 28.1 Å². The Kier molecular flexibility index (Phi) is 6.55. The van der Waals surface area contributed by atoms with Crippen molar-refractivity contribution in [2.75, 3.05) is 19.5 Å². The van der Waals surface area contributed by atoms with E-state index in [-0.39, 0.29) is 0 Å². The molecule has 0 bridgehead atoms. The van der Waals surface area contributed by atoms with Crippen molar-refractivity contribution in [1.82, 2.24) is 14.8 Å². The Morgan fingerprint density at radius 2 is 1.94 bits per heavy atom. The first-order chi connectivity index (χ1) is 15.3. The fourth-order valence-corrected chi connectivity index (χ4v) is 3.77. The topological polar surface area (TPSA) is 86.1 Å². The lowest BCUT2D eigenvalue weighted by atomic mass is 10.2. The molecule has 0 spiro atoms. The summed E-state index contributed by atoms with van der Waals surface area (Å²) in [6.07, 6.45) is 1.65. The number of aromatic nitrogens is 3. The minimum Gasteiger partial charge on any atom is -0.497 e. The van der Waals surface area contributed by atoms with Gasteiger partial charge in [0.25, 0.3) is 0 Å². The molecular weight excluding hydrogens is 412 g/mol. The largest absolute Gasteiger partial charge is 0.497 e. The molecular formula is C23H20N4O3S. The lowest BCUT2D eigenvalue weighted by Crippen LogP contribution is -2.06. The van der Waals surface area contributed by atoms with Crippen molar-refractivity contribution < 1.29 is 13.9 Å². The Bertz CT molecular complexity index is 1180. The molecule has 7 nitrogen and oxygen atoms in total. The van der Waals surface area contributed by atoms with Crippen LogP contribution in [0.5, 0.6) is 11.5 Å². The number of thioether (sulfide) groups is 1. The molecule has 2 aromatic carbocycles. The number of hydrogen-bond acceptors (Lipinski definition) is 7. The molecule has 0 N–H and O–H groups in total. The minimum absolute atomic E-state index is 0.474. The Morgan fingerprint density at radius 3 is 2.74 bits per heavy atom. The SMILES string of the molecule is COc1cccc(-c2nnc(SCCOc3cccc(C#N)c3)n2Cc2ccco2)c1. The number of benzene rings is 2. The van der Waals surface area contributed by atoms with Gasteiger partial charge in [0.1, 0.15) is 17.3 Å². The van der Waals surface area contributed by atoms with Crippen molar-refractivity contribution in [3.63, 3.8) is 0 Å². The second kappa shape index (κ2) is 9.87. The number of ether oxygens (including phenoxy) is 2. The van der Waals surface area contributed by atoms with Crippen molar-refractivity contribution in [1.29, 1.82) is 5.26 Å². The molecule has 2 heterocycles. The molecule has 4 rings (SSSR count). The van der Waals surface area contributed by atoms with Gasteiger partial charge in [-0.3, -0.25) is 4.57 Å². The zero-order chi connectivity index (χ0) is 21.5. The second-order valence-corrected chi connectivity index (χ2v) is 7.60. The fourth-order valence-electron chi connectivity index (χ4n) is 3.02. The third kappa shape index (κ3) is 5.08. The fraction of sp³-hybridized carbons (Fsp3) is 0.174. The molecule has 156 valence electrons. The van der Waals surface area contributed by atoms with Crippen LogP contribution in [0.15, 0.2) is 76.5 Å². The summed E-state index contributed by atoms with van der Waals surface area (Å²) in [4.78, 5) is 0. The molecule has 0 fully saturated rings. The summed E-state index contributed by atoms with van der Waals surface area (Å²) >= 11 is 1.55. The van der Waals surface area contributed by atoms with Gasteiger partial charge in [-0.2, -0.15) is 5.26 Å². The highest BCUT2D eigenvalue weighted by Gasteiger charge is 2.16. The maximum atomic E-state index is 9.00. The summed E-state index contributed by atoms with van der Waals surface area (Å²) < 4.78 is 18.7. The average Bonchev–Trinajstić information content (AvgIpc) is 3.47. The molecule has 0 unspecified atom stereocenters. The quantitative estimate of drug-likeness (QED) is 0.281. The van der Waals surface area contributed by atoms with Crippen LogP contribution >= 0.6 is 11.8 Å². The van der Waals surface area contributed by atoms with Crippen LogP contribution < -0.4 is 9.47 Å². The molecule has 31 heavy (non-hydrogen) atoms. The molecule has 0 aliphatic rings. The first-order valence-corrected chi connectivity index (χ1v) is 10.6. The van der Waals surface area contributed by atoms with Gasteiger partial charge in [-0.15, -0.1) is 10.2 Å². The summed E-state index contributed by atoms with van der Waals surface area (Å²) in [7, 11) is 1.64. The van der Waals surface area contributed by atoms with Crippen LogP contribution in [0, 0.1) is 11.3 Å². The molecule has 0 saturated carbocycles. The second-order valence-electron chi connectivity index (χ2n) is 6.54. The maximum Gasteiger partial charge on any atom is 0.192 e. The monoisotopic (exact) mass is 432 g/mol. The third-order valence-electron chi connectivity index (χ3n) is 4.49. The van der Waals surface area contributed by atoms with Crippen LogP contribution in [0.1, 0.15) is 11.3 Å². The number of methoxy groups -OCH3 is 1. The molecule has 0 aliphatic carbocycles. The summed E-state index contributed by atoms with van der Waals surface area (Å²) in [6, 6.07) is 20.8. The van der Waals surface area contributed by atoms with Gasteiger partial charge in [-0.1, -0.05) is 30.0 Å². The summed E-state index contributed by atoms with van der Waals surface area (Å²) in [5.41, 5.74) is 1.49. The number of nitriles is 1. The predicted molar refractivity (Wildman–Crippen MR) is 117 cm³/mol. The Balaban J connectivity index is 1.50. The van der Waals surface area contributed by atoms with E-state index in [1.807, 2.05) is 47.0 Å². The van der Waals surface area contributed by atoms with Crippen LogP contribution in [0.4, 0.5) is 0 Å². The Morgan fingerprint density at radius 1 is 1.06 bits per heavy atom. The van der Waals surface area contributed by atoms with Gasteiger partial charge in [0.15, 0.2) is 11.0 Å². The molecule has 0 radical (unpaired) electrons. The van der Waals surface area contributed by atoms with Crippen LogP contribution in [0.3, 0.4) is 0 Å². The lowest BCUT2D eigenvalue weighted by molar-refractivity contribution is 0.343. The molecule has 4 aromatic rings. The lowest BCUT2D eigenvalue weighted by Gasteiger charge is -2.10. The van der Waals surface area contributed by atoms with E-state index in [2.05, 4.69) is 16.3 Å². The van der Waals surface area contributed by atoms with Gasteiger partial charge in [-0.25, -0.2) is 0 Å². The van der Waals surface area contributed by atoms with E-state index < -0.39 is 0 Å². The number of furan rings is 1. The van der Waals surface area contributed by atoms with Crippen molar-refractivity contribution in [3.8, 4) is 29.0 Å². The molecule has 0 saturated heterocycles. The van der Waals surface area contributed by atoms with E-state index in [4.69, 9.17) is 19.2 Å². The van der Waals surface area contributed by atoms with Gasteiger partial charge in [0.05, 0.1) is 38.2 Å². The Labute approximate surface area is 184 Å². The summed E-state index contributed by atoms with van der Waals surface area (Å²) in [5.74, 6) is 3.65. The van der Waals surface area contributed by atoms with Gasteiger partial charge in [0.2, 0.25) is 0 Å². The number of hydrogen-bond donors (Lipinski definition) is 0. The first-order valence-electron chi connectivity index (χ1n) is 9.62. The third-order valence-corrected chi connectivity index (χ3v) is 5.42. The highest BCUT2D eigenvalue weighted by molar-refractivity contribution is 7.99. The van der Waals surface area contributed by atoms with E-state index in [1.165, 1.54) is 0 Å². The number of rotatable bonds is 9. The normalized spacial score (nSPS) is 10.6. The Hall–Kier alpha value is -3.70. The van der Waals surface area contributed by atoms with E-state index in [0.29, 0.717) is 30.2 Å². The zero-order valence-corrected chi connectivity index (χ0v) is 17.7. The van der Waals surface area contributed by atoms with Gasteiger partial charge >= 0.3 is 0 Å². The van der Waals surface area contributed by atoms with Crippen molar-refractivity contribution >= 4 is 11.8 Å². The van der Waals surface area contributed by atoms with Crippen molar-refractivity contribution in [2.24, 2.45) is 0 Å². The average molecular weight is 433 g/mol. The molecule has 0 atom stereocenters.